The molecule has 0 radical (unpaired) electrons. The van der Waals surface area contributed by atoms with Gasteiger partial charge in [0, 0.05) is 25.5 Å². The fraction of sp³-hybridized carbons (Fsp3) is 0.455. The molecule has 1 rings (SSSR count). The van der Waals surface area contributed by atoms with Gasteiger partial charge < -0.3 is 5.32 Å². The summed E-state index contributed by atoms with van der Waals surface area (Å²) in [5, 5.41) is 11.8. The van der Waals surface area contributed by atoms with Gasteiger partial charge in [-0.25, -0.2) is 0 Å². The first-order valence-electron chi connectivity index (χ1n) is 4.74. The summed E-state index contributed by atoms with van der Waals surface area (Å²) < 4.78 is 0. The molecule has 14 heavy (non-hydrogen) atoms. The molecule has 1 aromatic rings. The SMILES string of the molecule is Cc1ccncc1CNCC(C)C#N. The molecule has 3 nitrogen and oxygen atoms in total. The maximum atomic E-state index is 8.58. The lowest BCUT2D eigenvalue weighted by molar-refractivity contribution is 0.599. The summed E-state index contributed by atoms with van der Waals surface area (Å²) in [5.74, 6) is 0.0620. The molecule has 0 aromatic carbocycles. The lowest BCUT2D eigenvalue weighted by atomic mass is 10.1. The Balaban J connectivity index is 2.40. The number of rotatable bonds is 4. The lowest BCUT2D eigenvalue weighted by Crippen LogP contribution is -2.20. The summed E-state index contributed by atoms with van der Waals surface area (Å²) in [7, 11) is 0. The van der Waals surface area contributed by atoms with Crippen molar-refractivity contribution < 1.29 is 0 Å². The topological polar surface area (TPSA) is 48.7 Å². The molecular formula is C11H15N3. The number of aromatic nitrogens is 1. The van der Waals surface area contributed by atoms with Crippen molar-refractivity contribution in [3.05, 3.63) is 29.6 Å². The van der Waals surface area contributed by atoms with Gasteiger partial charge in [-0.05, 0) is 31.0 Å². The number of aryl methyl sites for hydroxylation is 1. The first-order valence-corrected chi connectivity index (χ1v) is 4.74. The second kappa shape index (κ2) is 5.36. The zero-order valence-electron chi connectivity index (χ0n) is 8.62. The Morgan fingerprint density at radius 1 is 1.64 bits per heavy atom. The highest BCUT2D eigenvalue weighted by Crippen LogP contribution is 2.04. The van der Waals surface area contributed by atoms with Crippen LogP contribution in [0.3, 0.4) is 0 Å². The molecule has 0 saturated heterocycles. The van der Waals surface area contributed by atoms with Crippen LogP contribution in [0.4, 0.5) is 0 Å². The van der Waals surface area contributed by atoms with Crippen LogP contribution in [0.2, 0.25) is 0 Å². The van der Waals surface area contributed by atoms with Gasteiger partial charge in [0.25, 0.3) is 0 Å². The van der Waals surface area contributed by atoms with Crippen LogP contribution >= 0.6 is 0 Å². The largest absolute Gasteiger partial charge is 0.311 e. The van der Waals surface area contributed by atoms with Gasteiger partial charge >= 0.3 is 0 Å². The Hall–Kier alpha value is -1.40. The van der Waals surface area contributed by atoms with Gasteiger partial charge in [0.1, 0.15) is 0 Å². The lowest BCUT2D eigenvalue weighted by Gasteiger charge is -2.07. The van der Waals surface area contributed by atoms with Crippen LogP contribution in [0, 0.1) is 24.2 Å². The highest BCUT2D eigenvalue weighted by molar-refractivity contribution is 5.20. The van der Waals surface area contributed by atoms with Crippen molar-refractivity contribution in [1.29, 1.82) is 5.26 Å². The minimum absolute atomic E-state index is 0.0620. The quantitative estimate of drug-likeness (QED) is 0.783. The van der Waals surface area contributed by atoms with Crippen molar-refractivity contribution in [3.8, 4) is 6.07 Å². The number of pyridine rings is 1. The Morgan fingerprint density at radius 3 is 3.07 bits per heavy atom. The van der Waals surface area contributed by atoms with E-state index in [-0.39, 0.29) is 5.92 Å². The second-order valence-corrected chi connectivity index (χ2v) is 3.46. The molecule has 0 aliphatic heterocycles. The molecular weight excluding hydrogens is 174 g/mol. The minimum Gasteiger partial charge on any atom is -0.311 e. The van der Waals surface area contributed by atoms with Crippen molar-refractivity contribution >= 4 is 0 Å². The summed E-state index contributed by atoms with van der Waals surface area (Å²) in [5.41, 5.74) is 2.43. The molecule has 1 N–H and O–H groups in total. The fourth-order valence-corrected chi connectivity index (χ4v) is 1.15. The number of hydrogen-bond acceptors (Lipinski definition) is 3. The van der Waals surface area contributed by atoms with Crippen molar-refractivity contribution in [1.82, 2.24) is 10.3 Å². The summed E-state index contributed by atoms with van der Waals surface area (Å²) in [6.45, 7) is 5.48. The van der Waals surface area contributed by atoms with Gasteiger partial charge in [0.05, 0.1) is 12.0 Å². The van der Waals surface area contributed by atoms with Gasteiger partial charge in [-0.1, -0.05) is 0 Å². The summed E-state index contributed by atoms with van der Waals surface area (Å²) in [4.78, 5) is 4.06. The van der Waals surface area contributed by atoms with Crippen LogP contribution < -0.4 is 5.32 Å². The van der Waals surface area contributed by atoms with Gasteiger partial charge in [0.15, 0.2) is 0 Å². The normalized spacial score (nSPS) is 12.1. The Labute approximate surface area is 84.8 Å². The van der Waals surface area contributed by atoms with Crippen molar-refractivity contribution in [2.75, 3.05) is 6.54 Å². The molecule has 0 aliphatic rings. The summed E-state index contributed by atoms with van der Waals surface area (Å²) in [6, 6.07) is 4.18. The third-order valence-electron chi connectivity index (χ3n) is 2.13. The zero-order chi connectivity index (χ0) is 10.4. The first kappa shape index (κ1) is 10.7. The molecule has 0 saturated carbocycles. The number of hydrogen-bond donors (Lipinski definition) is 1. The van der Waals surface area contributed by atoms with Crippen molar-refractivity contribution in [3.63, 3.8) is 0 Å². The molecule has 1 heterocycles. The summed E-state index contributed by atoms with van der Waals surface area (Å²) in [6.07, 6.45) is 3.65. The molecule has 0 aliphatic carbocycles. The fourth-order valence-electron chi connectivity index (χ4n) is 1.15. The van der Waals surface area contributed by atoms with E-state index in [1.54, 1.807) is 6.20 Å². The van der Waals surface area contributed by atoms with Crippen molar-refractivity contribution in [2.24, 2.45) is 5.92 Å². The molecule has 0 bridgehead atoms. The highest BCUT2D eigenvalue weighted by atomic mass is 14.9. The molecule has 1 aromatic heterocycles. The third-order valence-corrected chi connectivity index (χ3v) is 2.13. The van der Waals surface area contributed by atoms with Gasteiger partial charge in [0.2, 0.25) is 0 Å². The number of nitrogens with zero attached hydrogens (tertiary/aromatic N) is 2. The zero-order valence-corrected chi connectivity index (χ0v) is 8.62. The second-order valence-electron chi connectivity index (χ2n) is 3.46. The van der Waals surface area contributed by atoms with E-state index >= 15 is 0 Å². The molecule has 3 heteroatoms. The van der Waals surface area contributed by atoms with Crippen LogP contribution in [0.25, 0.3) is 0 Å². The third kappa shape index (κ3) is 3.15. The Bertz CT molecular complexity index is 328. The van der Waals surface area contributed by atoms with Gasteiger partial charge in [-0.15, -0.1) is 0 Å². The van der Waals surface area contributed by atoms with E-state index in [0.29, 0.717) is 0 Å². The average Bonchev–Trinajstić information content (AvgIpc) is 2.20. The van der Waals surface area contributed by atoms with E-state index in [0.717, 1.165) is 13.1 Å². The molecule has 0 spiro atoms. The van der Waals surface area contributed by atoms with Crippen LogP contribution in [0.15, 0.2) is 18.5 Å². The average molecular weight is 189 g/mol. The molecule has 74 valence electrons. The van der Waals surface area contributed by atoms with E-state index < -0.39 is 0 Å². The Kier molecular flexibility index (Phi) is 4.09. The minimum atomic E-state index is 0.0620. The Morgan fingerprint density at radius 2 is 2.43 bits per heavy atom. The van der Waals surface area contributed by atoms with Gasteiger partial charge in [-0.2, -0.15) is 5.26 Å². The van der Waals surface area contributed by atoms with Gasteiger partial charge in [-0.3, -0.25) is 4.98 Å². The van der Waals surface area contributed by atoms with E-state index in [4.69, 9.17) is 5.26 Å². The maximum absolute atomic E-state index is 8.58. The van der Waals surface area contributed by atoms with E-state index in [1.807, 2.05) is 19.2 Å². The number of nitrogens with one attached hydrogen (secondary N) is 1. The van der Waals surface area contributed by atoms with Crippen molar-refractivity contribution in [2.45, 2.75) is 20.4 Å². The molecule has 1 atom stereocenters. The predicted molar refractivity (Wildman–Crippen MR) is 55.5 cm³/mol. The maximum Gasteiger partial charge on any atom is 0.0666 e. The van der Waals surface area contributed by atoms with Crippen LogP contribution in [0.1, 0.15) is 18.1 Å². The van der Waals surface area contributed by atoms with E-state index in [1.165, 1.54) is 11.1 Å². The predicted octanol–water partition coefficient (Wildman–Crippen LogP) is 1.64. The van der Waals surface area contributed by atoms with Crippen LogP contribution in [-0.4, -0.2) is 11.5 Å². The molecule has 1 unspecified atom stereocenters. The first-order chi connectivity index (χ1) is 6.74. The smallest absolute Gasteiger partial charge is 0.0666 e. The highest BCUT2D eigenvalue weighted by Gasteiger charge is 2.00. The van der Waals surface area contributed by atoms with E-state index in [2.05, 4.69) is 23.3 Å². The molecule has 0 amide bonds. The summed E-state index contributed by atoms with van der Waals surface area (Å²) >= 11 is 0. The van der Waals surface area contributed by atoms with Crippen LogP contribution in [-0.2, 0) is 6.54 Å². The van der Waals surface area contributed by atoms with Crippen LogP contribution in [0.5, 0.6) is 0 Å². The molecule has 0 fully saturated rings. The monoisotopic (exact) mass is 189 g/mol. The van der Waals surface area contributed by atoms with E-state index in [9.17, 15) is 0 Å². The standard InChI is InChI=1S/C11H15N3/c1-9(5-12)6-14-8-11-7-13-4-3-10(11)2/h3-4,7,9,14H,6,8H2,1-2H3. The number of nitriles is 1.